The van der Waals surface area contributed by atoms with Gasteiger partial charge in [0.05, 0.1) is 24.9 Å². The highest BCUT2D eigenvalue weighted by molar-refractivity contribution is 5.99. The molecule has 0 heterocycles. The third-order valence-corrected chi connectivity index (χ3v) is 5.11. The molecule has 2 aromatic rings. The molecule has 2 aromatic carbocycles. The number of alkyl halides is 3. The van der Waals surface area contributed by atoms with Crippen LogP contribution in [0.25, 0.3) is 0 Å². The zero-order valence-corrected chi connectivity index (χ0v) is 19.4. The van der Waals surface area contributed by atoms with Crippen molar-refractivity contribution < 1.29 is 32.3 Å². The number of anilines is 1. The number of likely N-dealkylation sites (N-methyl/N-ethyl adjacent to an activating group) is 1. The zero-order chi connectivity index (χ0) is 25.5. The molecule has 2 N–H and O–H groups in total. The van der Waals surface area contributed by atoms with Crippen molar-refractivity contribution in [3.8, 4) is 5.75 Å². The lowest BCUT2D eigenvalue weighted by Crippen LogP contribution is -2.52. The minimum absolute atomic E-state index is 0.120. The van der Waals surface area contributed by atoms with Gasteiger partial charge in [0.25, 0.3) is 5.91 Å². The Hall–Kier alpha value is -3.56. The van der Waals surface area contributed by atoms with Crippen LogP contribution in [0.5, 0.6) is 5.75 Å². The van der Waals surface area contributed by atoms with Crippen molar-refractivity contribution >= 4 is 23.4 Å². The van der Waals surface area contributed by atoms with E-state index in [1.54, 1.807) is 45.0 Å². The standard InChI is InChI=1S/C24H28F3N3O4/c1-5-30(14-20(31)28-19-9-7-6-8-18(19)24(25,26)27)23(33)21(15(2)3)29-22(32)16-10-12-17(34-4)13-11-16/h6-13,15,21H,5,14H2,1-4H3,(H,28,31)(H,29,32). The first-order valence-corrected chi connectivity index (χ1v) is 10.7. The molecule has 0 aliphatic carbocycles. The van der Waals surface area contributed by atoms with Gasteiger partial charge in [-0.25, -0.2) is 0 Å². The van der Waals surface area contributed by atoms with Gasteiger partial charge in [-0.15, -0.1) is 0 Å². The van der Waals surface area contributed by atoms with Crippen LogP contribution in [0.4, 0.5) is 18.9 Å². The monoisotopic (exact) mass is 479 g/mol. The number of benzene rings is 2. The van der Waals surface area contributed by atoms with Gasteiger partial charge >= 0.3 is 6.18 Å². The van der Waals surface area contributed by atoms with Gasteiger partial charge in [-0.3, -0.25) is 14.4 Å². The van der Waals surface area contributed by atoms with Gasteiger partial charge < -0.3 is 20.3 Å². The molecule has 1 atom stereocenters. The summed E-state index contributed by atoms with van der Waals surface area (Å²) < 4.78 is 44.6. The highest BCUT2D eigenvalue weighted by Crippen LogP contribution is 2.34. The summed E-state index contributed by atoms with van der Waals surface area (Å²) in [5.41, 5.74) is -1.05. The molecule has 34 heavy (non-hydrogen) atoms. The van der Waals surface area contributed by atoms with Gasteiger partial charge in [-0.1, -0.05) is 26.0 Å². The van der Waals surface area contributed by atoms with Crippen LogP contribution in [0, 0.1) is 5.92 Å². The van der Waals surface area contributed by atoms with Crippen LogP contribution in [-0.2, 0) is 15.8 Å². The summed E-state index contributed by atoms with van der Waals surface area (Å²) in [7, 11) is 1.50. The lowest BCUT2D eigenvalue weighted by atomic mass is 10.0. The third kappa shape index (κ3) is 6.97. The van der Waals surface area contributed by atoms with E-state index < -0.39 is 47.7 Å². The summed E-state index contributed by atoms with van der Waals surface area (Å²) in [6, 6.07) is 10.00. The molecule has 0 aromatic heterocycles. The van der Waals surface area contributed by atoms with Gasteiger partial charge in [0.15, 0.2) is 0 Å². The number of amides is 3. The molecule has 0 saturated heterocycles. The van der Waals surface area contributed by atoms with E-state index >= 15 is 0 Å². The first-order chi connectivity index (χ1) is 16.0. The minimum Gasteiger partial charge on any atom is -0.497 e. The minimum atomic E-state index is -4.64. The maximum atomic E-state index is 13.2. The molecule has 0 radical (unpaired) electrons. The van der Waals surface area contributed by atoms with Gasteiger partial charge in [0.2, 0.25) is 11.8 Å². The Kier molecular flexibility index (Phi) is 9.05. The second kappa shape index (κ2) is 11.5. The van der Waals surface area contributed by atoms with Crippen molar-refractivity contribution in [2.45, 2.75) is 33.0 Å². The summed E-state index contributed by atoms with van der Waals surface area (Å²) in [6.45, 7) is 4.77. The molecule has 7 nitrogen and oxygen atoms in total. The van der Waals surface area contributed by atoms with Crippen LogP contribution in [0.2, 0.25) is 0 Å². The Morgan fingerprint density at radius 2 is 1.65 bits per heavy atom. The average molecular weight is 479 g/mol. The van der Waals surface area contributed by atoms with Gasteiger partial charge in [-0.05, 0) is 49.2 Å². The number of hydrogen-bond acceptors (Lipinski definition) is 4. The van der Waals surface area contributed by atoms with Crippen molar-refractivity contribution in [1.29, 1.82) is 0 Å². The molecule has 0 fully saturated rings. The number of carbonyl (C=O) groups is 3. The van der Waals surface area contributed by atoms with E-state index in [1.807, 2.05) is 0 Å². The highest BCUT2D eigenvalue weighted by Gasteiger charge is 2.34. The van der Waals surface area contributed by atoms with Crippen LogP contribution in [0.1, 0.15) is 36.7 Å². The van der Waals surface area contributed by atoms with Crippen LogP contribution in [0.3, 0.4) is 0 Å². The number of rotatable bonds is 9. The number of methoxy groups -OCH3 is 1. The maximum Gasteiger partial charge on any atom is 0.418 e. The Morgan fingerprint density at radius 1 is 1.03 bits per heavy atom. The molecule has 3 amide bonds. The van der Waals surface area contributed by atoms with Crippen molar-refractivity contribution in [2.75, 3.05) is 25.5 Å². The molecular formula is C24H28F3N3O4. The number of nitrogens with one attached hydrogen (secondary N) is 2. The molecule has 1 unspecified atom stereocenters. The zero-order valence-electron chi connectivity index (χ0n) is 19.4. The summed E-state index contributed by atoms with van der Waals surface area (Å²) in [6.07, 6.45) is -4.64. The van der Waals surface area contributed by atoms with E-state index in [-0.39, 0.29) is 12.5 Å². The van der Waals surface area contributed by atoms with Gasteiger partial charge in [0.1, 0.15) is 11.8 Å². The number of nitrogens with zero attached hydrogens (tertiary/aromatic N) is 1. The number of halogens is 3. The Morgan fingerprint density at radius 3 is 2.18 bits per heavy atom. The lowest BCUT2D eigenvalue weighted by Gasteiger charge is -2.29. The molecule has 2 rings (SSSR count). The van der Waals surface area contributed by atoms with E-state index in [2.05, 4.69) is 10.6 Å². The van der Waals surface area contributed by atoms with Gasteiger partial charge in [-0.2, -0.15) is 13.2 Å². The summed E-state index contributed by atoms with van der Waals surface area (Å²) >= 11 is 0. The smallest absolute Gasteiger partial charge is 0.418 e. The van der Waals surface area contributed by atoms with E-state index in [0.29, 0.717) is 11.3 Å². The number of ether oxygens (including phenoxy) is 1. The number of carbonyl (C=O) groups excluding carboxylic acids is 3. The van der Waals surface area contributed by atoms with Crippen LogP contribution in [-0.4, -0.2) is 48.9 Å². The Labute approximate surface area is 196 Å². The SMILES string of the molecule is CCN(CC(=O)Nc1ccccc1C(F)(F)F)C(=O)C(NC(=O)c1ccc(OC)cc1)C(C)C. The molecule has 184 valence electrons. The fourth-order valence-electron chi connectivity index (χ4n) is 3.23. The van der Waals surface area contributed by atoms with Crippen molar-refractivity contribution in [1.82, 2.24) is 10.2 Å². The molecule has 10 heteroatoms. The number of para-hydroxylation sites is 1. The van der Waals surface area contributed by atoms with Crippen LogP contribution >= 0.6 is 0 Å². The van der Waals surface area contributed by atoms with E-state index in [1.165, 1.54) is 24.1 Å². The topological polar surface area (TPSA) is 87.7 Å². The van der Waals surface area contributed by atoms with Crippen LogP contribution in [0.15, 0.2) is 48.5 Å². The third-order valence-electron chi connectivity index (χ3n) is 5.11. The fourth-order valence-corrected chi connectivity index (χ4v) is 3.23. The molecular weight excluding hydrogens is 451 g/mol. The second-order valence-electron chi connectivity index (χ2n) is 7.87. The second-order valence-corrected chi connectivity index (χ2v) is 7.87. The first kappa shape index (κ1) is 26.7. The highest BCUT2D eigenvalue weighted by atomic mass is 19.4. The quantitative estimate of drug-likeness (QED) is 0.570. The summed E-state index contributed by atoms with van der Waals surface area (Å²) in [5, 5.41) is 4.92. The predicted molar refractivity (Wildman–Crippen MR) is 121 cm³/mol. The van der Waals surface area contributed by atoms with Gasteiger partial charge in [0, 0.05) is 12.1 Å². The molecule has 0 bridgehead atoms. The lowest BCUT2D eigenvalue weighted by molar-refractivity contribution is -0.138. The van der Waals surface area contributed by atoms with Crippen LogP contribution < -0.4 is 15.4 Å². The number of hydrogen-bond donors (Lipinski definition) is 2. The Balaban J connectivity index is 2.12. The van der Waals surface area contributed by atoms with Crippen molar-refractivity contribution in [2.24, 2.45) is 5.92 Å². The summed E-state index contributed by atoms with van der Waals surface area (Å²) in [5.74, 6) is -1.51. The Bertz CT molecular complexity index is 1010. The largest absolute Gasteiger partial charge is 0.497 e. The van der Waals surface area contributed by atoms with E-state index in [0.717, 1.165) is 12.1 Å². The molecule has 0 spiro atoms. The van der Waals surface area contributed by atoms with Crippen molar-refractivity contribution in [3.63, 3.8) is 0 Å². The predicted octanol–water partition coefficient (Wildman–Crippen LogP) is 3.96. The fraction of sp³-hybridized carbons (Fsp3) is 0.375. The molecule has 0 aliphatic rings. The van der Waals surface area contributed by atoms with E-state index in [4.69, 9.17) is 4.74 Å². The average Bonchev–Trinajstić information content (AvgIpc) is 2.79. The first-order valence-electron chi connectivity index (χ1n) is 10.7. The van der Waals surface area contributed by atoms with E-state index in [9.17, 15) is 27.6 Å². The summed E-state index contributed by atoms with van der Waals surface area (Å²) in [4.78, 5) is 39.5. The molecule has 0 aliphatic heterocycles. The van der Waals surface area contributed by atoms with Crippen molar-refractivity contribution in [3.05, 3.63) is 59.7 Å². The molecule has 0 saturated carbocycles. The normalized spacial score (nSPS) is 12.1. The maximum absolute atomic E-state index is 13.2.